The number of methoxy groups -OCH3 is 1. The molecular weight excluding hydrogens is 294 g/mol. The molecule has 0 fully saturated rings. The molecule has 0 spiro atoms. The van der Waals surface area contributed by atoms with Crippen LogP contribution in [0.25, 0.3) is 0 Å². The average Bonchev–Trinajstić information content (AvgIpc) is 2.47. The van der Waals surface area contributed by atoms with E-state index >= 15 is 0 Å². The number of nitrogens with one attached hydrogen (secondary N) is 1. The molecule has 112 valence electrons. The molecule has 2 N–H and O–H groups in total. The molecule has 21 heavy (non-hydrogen) atoms. The molecule has 1 aliphatic rings. The highest BCUT2D eigenvalue weighted by molar-refractivity contribution is 6.32. The normalized spacial score (nSPS) is 20.9. The van der Waals surface area contributed by atoms with Gasteiger partial charge in [0, 0.05) is 5.69 Å². The molecule has 0 saturated heterocycles. The Labute approximate surface area is 127 Å². The molecule has 6 heteroatoms. The zero-order valence-corrected chi connectivity index (χ0v) is 12.3. The second-order valence-electron chi connectivity index (χ2n) is 4.83. The maximum Gasteiger partial charge on any atom is 0.307 e. The molecule has 0 unspecified atom stereocenters. The van der Waals surface area contributed by atoms with Crippen LogP contribution in [0.1, 0.15) is 12.8 Å². The van der Waals surface area contributed by atoms with Gasteiger partial charge in [-0.15, -0.1) is 0 Å². The van der Waals surface area contributed by atoms with Crippen LogP contribution in [-0.2, 0) is 9.59 Å². The minimum Gasteiger partial charge on any atom is -0.495 e. The number of carboxylic acid groups (broad SMARTS) is 1. The SMILES string of the molecule is COc1ccc(NC(=O)[C@@H]2CC=CC[C@H]2C(=O)O)cc1Cl. The number of allylic oxidation sites excluding steroid dienone is 2. The molecule has 0 heterocycles. The molecule has 2 rings (SSSR count). The summed E-state index contributed by atoms with van der Waals surface area (Å²) in [5.41, 5.74) is 0.518. The Balaban J connectivity index is 2.11. The molecule has 1 aliphatic carbocycles. The molecule has 0 radical (unpaired) electrons. The van der Waals surface area contributed by atoms with E-state index in [0.717, 1.165) is 0 Å². The van der Waals surface area contributed by atoms with Crippen molar-refractivity contribution in [3.05, 3.63) is 35.4 Å². The Morgan fingerprint density at radius 2 is 1.95 bits per heavy atom. The molecule has 1 aromatic carbocycles. The van der Waals surface area contributed by atoms with Crippen molar-refractivity contribution in [1.29, 1.82) is 0 Å². The number of rotatable bonds is 4. The fourth-order valence-electron chi connectivity index (χ4n) is 2.36. The van der Waals surface area contributed by atoms with Crippen molar-refractivity contribution in [3.63, 3.8) is 0 Å². The van der Waals surface area contributed by atoms with Crippen LogP contribution in [0.3, 0.4) is 0 Å². The van der Waals surface area contributed by atoms with E-state index in [4.69, 9.17) is 16.3 Å². The average molecular weight is 310 g/mol. The fraction of sp³-hybridized carbons (Fsp3) is 0.333. The first-order chi connectivity index (χ1) is 10.0. The number of halogens is 1. The zero-order valence-electron chi connectivity index (χ0n) is 11.5. The summed E-state index contributed by atoms with van der Waals surface area (Å²) in [6.07, 6.45) is 4.43. The van der Waals surface area contributed by atoms with Crippen LogP contribution in [0.2, 0.25) is 5.02 Å². The van der Waals surface area contributed by atoms with Gasteiger partial charge < -0.3 is 15.2 Å². The van der Waals surface area contributed by atoms with Gasteiger partial charge in [-0.25, -0.2) is 0 Å². The number of carboxylic acids is 1. The van der Waals surface area contributed by atoms with E-state index in [9.17, 15) is 14.7 Å². The molecule has 1 amide bonds. The van der Waals surface area contributed by atoms with Gasteiger partial charge in [0.2, 0.25) is 5.91 Å². The summed E-state index contributed by atoms with van der Waals surface area (Å²) < 4.78 is 5.04. The van der Waals surface area contributed by atoms with E-state index in [1.165, 1.54) is 7.11 Å². The number of carbonyl (C=O) groups excluding carboxylic acids is 1. The Morgan fingerprint density at radius 3 is 2.52 bits per heavy atom. The molecule has 0 saturated carbocycles. The maximum absolute atomic E-state index is 12.3. The zero-order chi connectivity index (χ0) is 15.4. The maximum atomic E-state index is 12.3. The molecular formula is C15H16ClNO4. The van der Waals surface area contributed by atoms with Gasteiger partial charge in [0.25, 0.3) is 0 Å². The molecule has 0 aliphatic heterocycles. The summed E-state index contributed by atoms with van der Waals surface area (Å²) in [4.78, 5) is 23.5. The minimum absolute atomic E-state index is 0.312. The van der Waals surface area contributed by atoms with Gasteiger partial charge in [0.15, 0.2) is 0 Å². The summed E-state index contributed by atoms with van der Waals surface area (Å²) in [5, 5.41) is 12.3. The van der Waals surface area contributed by atoms with Crippen LogP contribution < -0.4 is 10.1 Å². The number of amides is 1. The van der Waals surface area contributed by atoms with Crippen molar-refractivity contribution in [2.24, 2.45) is 11.8 Å². The van der Waals surface area contributed by atoms with Crippen molar-refractivity contribution in [2.45, 2.75) is 12.8 Å². The number of anilines is 1. The highest BCUT2D eigenvalue weighted by atomic mass is 35.5. The summed E-state index contributed by atoms with van der Waals surface area (Å²) in [6.45, 7) is 0. The van der Waals surface area contributed by atoms with Gasteiger partial charge in [0.05, 0.1) is 24.0 Å². The van der Waals surface area contributed by atoms with E-state index in [1.54, 1.807) is 24.3 Å². The first kappa shape index (κ1) is 15.4. The van der Waals surface area contributed by atoms with Crippen LogP contribution in [0, 0.1) is 11.8 Å². The number of benzene rings is 1. The number of carbonyl (C=O) groups is 2. The number of ether oxygens (including phenoxy) is 1. The second-order valence-corrected chi connectivity index (χ2v) is 5.24. The van der Waals surface area contributed by atoms with Crippen molar-refractivity contribution >= 4 is 29.2 Å². The molecule has 1 aromatic rings. The minimum atomic E-state index is -0.952. The van der Waals surface area contributed by atoms with E-state index in [1.807, 2.05) is 6.08 Å². The van der Waals surface area contributed by atoms with E-state index < -0.39 is 17.8 Å². The largest absolute Gasteiger partial charge is 0.495 e. The molecule has 5 nitrogen and oxygen atoms in total. The highest BCUT2D eigenvalue weighted by Gasteiger charge is 2.33. The predicted octanol–water partition coefficient (Wildman–Crippen LogP) is 2.95. The quantitative estimate of drug-likeness (QED) is 0.838. The Morgan fingerprint density at radius 1 is 1.29 bits per heavy atom. The monoisotopic (exact) mass is 309 g/mol. The van der Waals surface area contributed by atoms with E-state index in [-0.39, 0.29) is 5.91 Å². The smallest absolute Gasteiger partial charge is 0.307 e. The first-order valence-corrected chi connectivity index (χ1v) is 6.93. The standard InChI is InChI=1S/C15H16ClNO4/c1-21-13-7-6-9(8-12(13)16)17-14(18)10-4-2-3-5-11(10)15(19)20/h2-3,6-8,10-11H,4-5H2,1H3,(H,17,18)(H,19,20)/t10-,11-/m1/s1. The lowest BCUT2D eigenvalue weighted by Crippen LogP contribution is -2.34. The third-order valence-electron chi connectivity index (χ3n) is 3.51. The van der Waals surface area contributed by atoms with Gasteiger partial charge in [-0.2, -0.15) is 0 Å². The number of hydrogen-bond acceptors (Lipinski definition) is 3. The number of aliphatic carboxylic acids is 1. The van der Waals surface area contributed by atoms with Gasteiger partial charge in [-0.05, 0) is 31.0 Å². The Hall–Kier alpha value is -2.01. The van der Waals surface area contributed by atoms with Gasteiger partial charge in [-0.1, -0.05) is 23.8 Å². The Kier molecular flexibility index (Phi) is 4.85. The van der Waals surface area contributed by atoms with Crippen LogP contribution in [0.4, 0.5) is 5.69 Å². The summed E-state index contributed by atoms with van der Waals surface area (Å²) in [5.74, 6) is -2.02. The first-order valence-electron chi connectivity index (χ1n) is 6.55. The van der Waals surface area contributed by atoms with Crippen molar-refractivity contribution in [2.75, 3.05) is 12.4 Å². The number of hydrogen-bond donors (Lipinski definition) is 2. The topological polar surface area (TPSA) is 75.6 Å². The van der Waals surface area contributed by atoms with Crippen LogP contribution in [0.15, 0.2) is 30.4 Å². The van der Waals surface area contributed by atoms with Crippen molar-refractivity contribution in [1.82, 2.24) is 0 Å². The second kappa shape index (κ2) is 6.63. The Bertz CT molecular complexity index is 585. The molecule has 0 bridgehead atoms. The lowest BCUT2D eigenvalue weighted by Gasteiger charge is -2.24. The van der Waals surface area contributed by atoms with Crippen LogP contribution >= 0.6 is 11.6 Å². The third kappa shape index (κ3) is 3.55. The summed E-state index contributed by atoms with van der Waals surface area (Å²) in [6, 6.07) is 4.89. The van der Waals surface area contributed by atoms with E-state index in [0.29, 0.717) is 29.3 Å². The lowest BCUT2D eigenvalue weighted by atomic mass is 9.82. The predicted molar refractivity (Wildman–Crippen MR) is 79.6 cm³/mol. The summed E-state index contributed by atoms with van der Waals surface area (Å²) >= 11 is 6.00. The fourth-order valence-corrected chi connectivity index (χ4v) is 2.61. The lowest BCUT2D eigenvalue weighted by molar-refractivity contribution is -0.146. The van der Waals surface area contributed by atoms with Crippen molar-refractivity contribution in [3.8, 4) is 5.75 Å². The van der Waals surface area contributed by atoms with Gasteiger partial charge in [-0.3, -0.25) is 9.59 Å². The molecule has 0 aromatic heterocycles. The van der Waals surface area contributed by atoms with E-state index in [2.05, 4.69) is 5.32 Å². The van der Waals surface area contributed by atoms with Gasteiger partial charge >= 0.3 is 5.97 Å². The van der Waals surface area contributed by atoms with Gasteiger partial charge in [0.1, 0.15) is 5.75 Å². The summed E-state index contributed by atoms with van der Waals surface area (Å²) in [7, 11) is 1.51. The molecule has 2 atom stereocenters. The van der Waals surface area contributed by atoms with Crippen LogP contribution in [0.5, 0.6) is 5.75 Å². The third-order valence-corrected chi connectivity index (χ3v) is 3.80. The van der Waals surface area contributed by atoms with Crippen LogP contribution in [-0.4, -0.2) is 24.1 Å². The van der Waals surface area contributed by atoms with Crippen molar-refractivity contribution < 1.29 is 19.4 Å². The highest BCUT2D eigenvalue weighted by Crippen LogP contribution is 2.30.